The van der Waals surface area contributed by atoms with Crippen molar-refractivity contribution in [2.75, 3.05) is 10.2 Å². The van der Waals surface area contributed by atoms with Crippen molar-refractivity contribution in [3.05, 3.63) is 540 Å². The van der Waals surface area contributed by atoms with Crippen LogP contribution in [0.3, 0.4) is 0 Å². The molecule has 0 radical (unpaired) electrons. The lowest BCUT2D eigenvalue weighted by atomic mass is 9.84. The molecular weight excluding hydrogens is 1730 g/mol. The third-order valence-corrected chi connectivity index (χ3v) is 28.0. The number of rotatable bonds is 15. The number of para-hydroxylation sites is 3. The number of nitrogens with zero attached hydrogens (tertiary/aromatic N) is 7. The van der Waals surface area contributed by atoms with Crippen molar-refractivity contribution in [3.8, 4) is 145 Å². The fourth-order valence-corrected chi connectivity index (χ4v) is 21.2. The Balaban J connectivity index is 0.000000114. The molecule has 0 aliphatic carbocycles. The molecule has 1 N–H and O–H groups in total. The average Bonchev–Trinajstić information content (AvgIpc) is 1.38. The minimum absolute atomic E-state index is 0.0131. The summed E-state index contributed by atoms with van der Waals surface area (Å²) in [4.78, 5) is 29.5. The predicted molar refractivity (Wildman–Crippen MR) is 598 cm³/mol. The third-order valence-electron chi connectivity index (χ3n) is 28.0. The first-order valence-electron chi connectivity index (χ1n) is 48.6. The van der Waals surface area contributed by atoms with Gasteiger partial charge in [0.15, 0.2) is 0 Å². The van der Waals surface area contributed by atoms with E-state index in [1.165, 1.54) is 192 Å². The Labute approximate surface area is 829 Å². The number of anilines is 3. The van der Waals surface area contributed by atoms with Gasteiger partial charge in [-0.3, -0.25) is 29.9 Å². The van der Waals surface area contributed by atoms with Gasteiger partial charge in [0, 0.05) is 66.4 Å². The summed E-state index contributed by atoms with van der Waals surface area (Å²) in [6.45, 7) is 0. The number of benzene rings is 20. The van der Waals surface area contributed by atoms with E-state index in [4.69, 9.17) is 9.97 Å². The average molecular weight is 1820 g/mol. The maximum atomic E-state index is 4.86. The van der Waals surface area contributed by atoms with Crippen LogP contribution in [0.15, 0.2) is 535 Å². The van der Waals surface area contributed by atoms with E-state index in [0.717, 1.165) is 61.8 Å². The second-order valence-corrected chi connectivity index (χ2v) is 36.3. The maximum absolute atomic E-state index is 4.86. The van der Waals surface area contributed by atoms with Crippen molar-refractivity contribution < 1.29 is 0 Å². The molecule has 1 atom stereocenters. The van der Waals surface area contributed by atoms with E-state index in [9.17, 15) is 0 Å². The fraction of sp³-hybridized carbons (Fsp3) is 0.00741. The van der Waals surface area contributed by atoms with Crippen molar-refractivity contribution in [1.82, 2.24) is 29.9 Å². The standard InChI is InChI=1S/C53H36N2.C42H28N2.C40H26N4/c1-2-16-44(17-3-1)55-50-21-11-10-20-49(50)54-53(55)38-26-22-37(23-27-38)41-30-31-47-48(34-41)52(43-29-25-36-13-5-7-15-40(36)33-43)46-19-9-8-18-45(46)51(47)42-28-24-35-12-4-6-14-39(35)32-42;1-2-8-29(9-3-1)34-16-17-39-40(28-34)42(36-13-7-11-33(27-36)31-20-24-44-25-21-31)38-15-5-4-14-37(38)41(39)35-12-6-10-32(26-35)30-18-22-43-23-19-30;1-2-10-27(11-3-1)28-16-19-33-34(24-28)40(30-18-21-38(44-26-30)36-15-7-9-23-42-36)32-13-5-4-12-31(32)39(33)29-17-20-37(43-25-29)35-14-6-8-22-41-35/h1-34,53-54H;1-28H;1-26H. The lowest BCUT2D eigenvalue weighted by Gasteiger charge is -2.27. The van der Waals surface area contributed by atoms with Gasteiger partial charge >= 0.3 is 0 Å². The summed E-state index contributed by atoms with van der Waals surface area (Å²) in [6.07, 6.45) is 14.9. The van der Waals surface area contributed by atoms with Gasteiger partial charge in [-0.25, -0.2) is 0 Å². The monoisotopic (exact) mass is 1820 g/mol. The van der Waals surface area contributed by atoms with Crippen LogP contribution in [0, 0.1) is 0 Å². The lowest BCUT2D eigenvalue weighted by molar-refractivity contribution is 0.828. The molecular formula is C135H90N8. The van der Waals surface area contributed by atoms with Crippen molar-refractivity contribution in [1.29, 1.82) is 0 Å². The highest BCUT2D eigenvalue weighted by Crippen LogP contribution is 2.52. The highest BCUT2D eigenvalue weighted by molar-refractivity contribution is 6.26. The van der Waals surface area contributed by atoms with Crippen LogP contribution in [-0.4, -0.2) is 29.9 Å². The van der Waals surface area contributed by atoms with E-state index in [2.05, 4.69) is 479 Å². The van der Waals surface area contributed by atoms with Crippen LogP contribution in [0.2, 0.25) is 0 Å². The van der Waals surface area contributed by atoms with Crippen LogP contribution in [0.5, 0.6) is 0 Å². The van der Waals surface area contributed by atoms with Crippen molar-refractivity contribution in [3.63, 3.8) is 0 Å². The number of fused-ring (bicyclic) bond motifs is 9. The van der Waals surface area contributed by atoms with Gasteiger partial charge in [-0.05, 0) is 330 Å². The zero-order chi connectivity index (χ0) is 94.9. The summed E-state index contributed by atoms with van der Waals surface area (Å²) >= 11 is 0. The Morgan fingerprint density at radius 2 is 0.476 bits per heavy atom. The number of hydrogen-bond acceptors (Lipinski definition) is 8. The van der Waals surface area contributed by atoms with Gasteiger partial charge < -0.3 is 10.2 Å². The van der Waals surface area contributed by atoms with Crippen molar-refractivity contribution in [2.45, 2.75) is 6.17 Å². The van der Waals surface area contributed by atoms with Crippen LogP contribution >= 0.6 is 0 Å². The Morgan fingerprint density at radius 3 is 0.895 bits per heavy atom. The Morgan fingerprint density at radius 1 is 0.175 bits per heavy atom. The minimum atomic E-state index is -0.0131. The summed E-state index contributed by atoms with van der Waals surface area (Å²) in [5.41, 5.74) is 34.3. The van der Waals surface area contributed by atoms with Crippen LogP contribution in [0.1, 0.15) is 11.7 Å². The minimum Gasteiger partial charge on any atom is -0.359 e. The quantitative estimate of drug-likeness (QED) is 0.102. The zero-order valence-electron chi connectivity index (χ0n) is 78.0. The van der Waals surface area contributed by atoms with Crippen LogP contribution in [-0.2, 0) is 0 Å². The fourth-order valence-electron chi connectivity index (χ4n) is 21.2. The predicted octanol–water partition coefficient (Wildman–Crippen LogP) is 35.6. The molecule has 0 spiro atoms. The molecule has 0 amide bonds. The third kappa shape index (κ3) is 16.5. The molecule has 1 aliphatic heterocycles. The largest absolute Gasteiger partial charge is 0.359 e. The van der Waals surface area contributed by atoms with Gasteiger partial charge in [-0.1, -0.05) is 358 Å². The summed E-state index contributed by atoms with van der Waals surface area (Å²) in [5.74, 6) is 0. The number of hydrogen-bond donors (Lipinski definition) is 1. The van der Waals surface area contributed by atoms with Gasteiger partial charge in [0.05, 0.1) is 34.2 Å². The van der Waals surface area contributed by atoms with Gasteiger partial charge in [-0.15, -0.1) is 0 Å². The molecule has 670 valence electrons. The maximum Gasteiger partial charge on any atom is 0.130 e. The summed E-state index contributed by atoms with van der Waals surface area (Å²) in [7, 11) is 0. The summed E-state index contributed by atoms with van der Waals surface area (Å²) in [6, 6.07) is 174. The molecule has 0 fully saturated rings. The molecule has 1 aliphatic rings. The van der Waals surface area contributed by atoms with Crippen LogP contribution < -0.4 is 10.2 Å². The molecule has 8 heteroatoms. The van der Waals surface area contributed by atoms with Gasteiger partial charge in [0.25, 0.3) is 0 Å². The Kier molecular flexibility index (Phi) is 22.6. The zero-order valence-corrected chi connectivity index (χ0v) is 78.0. The Hall–Kier alpha value is -19.0. The SMILES string of the molecule is c1ccc(-c2ccc3c(-c4ccc(-c5ccccn5)nc4)c4ccccc4c(-c4ccc(-c5ccccn5)nc4)c3c2)cc1.c1ccc(-c2ccc3c(-c4cccc(-c5ccncc5)c4)c4ccccc4c(-c4cccc(-c5ccncc5)c4)c3c2)cc1.c1ccc(N2c3ccccc3NC2c2ccc(-c3ccc4c(-c5ccc6ccccc6c5)c5ccccc5c(-c5ccc6ccccc6c5)c4c3)cc2)cc1. The van der Waals surface area contributed by atoms with Crippen LogP contribution in [0.25, 0.3) is 231 Å². The first-order chi connectivity index (χ1) is 70.9. The smallest absolute Gasteiger partial charge is 0.130 e. The second kappa shape index (κ2) is 37.8. The van der Waals surface area contributed by atoms with Crippen molar-refractivity contribution >= 4 is 103 Å². The van der Waals surface area contributed by atoms with E-state index in [0.29, 0.717) is 0 Å². The van der Waals surface area contributed by atoms with E-state index in [1.54, 1.807) is 12.4 Å². The van der Waals surface area contributed by atoms with E-state index >= 15 is 0 Å². The van der Waals surface area contributed by atoms with Gasteiger partial charge in [0.1, 0.15) is 6.17 Å². The second-order valence-electron chi connectivity index (χ2n) is 36.3. The molecule has 1 unspecified atom stereocenters. The van der Waals surface area contributed by atoms with E-state index in [-0.39, 0.29) is 6.17 Å². The van der Waals surface area contributed by atoms with Crippen LogP contribution in [0.4, 0.5) is 17.1 Å². The topological polar surface area (TPSA) is 92.6 Å². The molecule has 7 heterocycles. The first kappa shape index (κ1) is 85.6. The summed E-state index contributed by atoms with van der Waals surface area (Å²) < 4.78 is 0. The molecule has 0 bridgehead atoms. The van der Waals surface area contributed by atoms with Crippen molar-refractivity contribution in [2.24, 2.45) is 0 Å². The molecule has 0 saturated carbocycles. The van der Waals surface area contributed by atoms with E-state index < -0.39 is 0 Å². The highest BCUT2D eigenvalue weighted by Gasteiger charge is 2.32. The number of pyridine rings is 6. The lowest BCUT2D eigenvalue weighted by Crippen LogP contribution is -2.23. The number of aromatic nitrogens is 6. The normalized spacial score (nSPS) is 12.2. The first-order valence-corrected chi connectivity index (χ1v) is 48.6. The number of nitrogens with one attached hydrogen (secondary N) is 1. The van der Waals surface area contributed by atoms with Gasteiger partial charge in [-0.2, -0.15) is 0 Å². The molecule has 8 nitrogen and oxygen atoms in total. The molecule has 0 saturated heterocycles. The molecule has 20 aromatic carbocycles. The molecule has 27 rings (SSSR count). The molecule has 143 heavy (non-hydrogen) atoms. The van der Waals surface area contributed by atoms with Gasteiger partial charge in [0.2, 0.25) is 0 Å². The summed E-state index contributed by atoms with van der Waals surface area (Å²) in [5, 5.41) is 23.4. The van der Waals surface area contributed by atoms with E-state index in [1.807, 2.05) is 73.6 Å². The highest BCUT2D eigenvalue weighted by atomic mass is 15.3. The molecule has 6 aromatic heterocycles. The Bertz CT molecular complexity index is 9260. The molecule has 26 aromatic rings.